The van der Waals surface area contributed by atoms with Gasteiger partial charge in [0.1, 0.15) is 0 Å². The summed E-state index contributed by atoms with van der Waals surface area (Å²) >= 11 is 0. The topological polar surface area (TPSA) is 67.6 Å². The molecule has 2 aromatic rings. The monoisotopic (exact) mass is 294 g/mol. The minimum atomic E-state index is -3.15. The SMILES string of the molecule is CCCS(=O)(=O)N1CCc2c(cnc3cc(C)nn23)C1. The van der Waals surface area contributed by atoms with Crippen LogP contribution in [0, 0.1) is 6.92 Å². The lowest BCUT2D eigenvalue weighted by Crippen LogP contribution is -2.38. The smallest absolute Gasteiger partial charge is 0.214 e. The molecule has 0 N–H and O–H groups in total. The lowest BCUT2D eigenvalue weighted by Gasteiger charge is -2.27. The van der Waals surface area contributed by atoms with E-state index in [0.717, 1.165) is 22.6 Å². The molecule has 3 rings (SSSR count). The first kappa shape index (κ1) is 13.5. The molecule has 0 spiro atoms. The average Bonchev–Trinajstić information content (AvgIpc) is 2.78. The van der Waals surface area contributed by atoms with Gasteiger partial charge in [0.15, 0.2) is 5.65 Å². The second-order valence-corrected chi connectivity index (χ2v) is 7.27. The first-order valence-electron chi connectivity index (χ1n) is 6.82. The van der Waals surface area contributed by atoms with E-state index >= 15 is 0 Å². The van der Waals surface area contributed by atoms with Gasteiger partial charge in [-0.15, -0.1) is 0 Å². The fraction of sp³-hybridized carbons (Fsp3) is 0.538. The highest BCUT2D eigenvalue weighted by atomic mass is 32.2. The van der Waals surface area contributed by atoms with Gasteiger partial charge in [0.05, 0.1) is 17.1 Å². The zero-order valence-electron chi connectivity index (χ0n) is 11.7. The van der Waals surface area contributed by atoms with Crippen molar-refractivity contribution >= 4 is 15.7 Å². The van der Waals surface area contributed by atoms with E-state index < -0.39 is 10.0 Å². The Kier molecular flexibility index (Phi) is 3.25. The van der Waals surface area contributed by atoms with Crippen LogP contribution in [0.4, 0.5) is 0 Å². The molecule has 0 aromatic carbocycles. The molecule has 20 heavy (non-hydrogen) atoms. The Morgan fingerprint density at radius 2 is 2.20 bits per heavy atom. The molecule has 6 nitrogen and oxygen atoms in total. The van der Waals surface area contributed by atoms with Gasteiger partial charge in [-0.3, -0.25) is 0 Å². The summed E-state index contributed by atoms with van der Waals surface area (Å²) in [7, 11) is -3.15. The van der Waals surface area contributed by atoms with E-state index in [1.807, 2.05) is 24.4 Å². The maximum atomic E-state index is 12.1. The van der Waals surface area contributed by atoms with Crippen LogP contribution in [0.3, 0.4) is 0 Å². The van der Waals surface area contributed by atoms with Crippen molar-refractivity contribution in [1.29, 1.82) is 0 Å². The lowest BCUT2D eigenvalue weighted by molar-refractivity contribution is 0.384. The van der Waals surface area contributed by atoms with Crippen molar-refractivity contribution in [2.75, 3.05) is 12.3 Å². The van der Waals surface area contributed by atoms with E-state index in [2.05, 4.69) is 10.1 Å². The predicted molar refractivity (Wildman–Crippen MR) is 75.9 cm³/mol. The highest BCUT2D eigenvalue weighted by molar-refractivity contribution is 7.89. The number of hydrogen-bond donors (Lipinski definition) is 0. The summed E-state index contributed by atoms with van der Waals surface area (Å²) in [5.74, 6) is 0.207. The maximum Gasteiger partial charge on any atom is 0.214 e. The van der Waals surface area contributed by atoms with Gasteiger partial charge >= 0.3 is 0 Å². The van der Waals surface area contributed by atoms with Crippen LogP contribution in [-0.2, 0) is 23.0 Å². The van der Waals surface area contributed by atoms with Crippen molar-refractivity contribution in [2.24, 2.45) is 0 Å². The van der Waals surface area contributed by atoms with Crippen LogP contribution in [-0.4, -0.2) is 39.6 Å². The number of rotatable bonds is 3. The van der Waals surface area contributed by atoms with Crippen molar-refractivity contribution < 1.29 is 8.42 Å². The van der Waals surface area contributed by atoms with Crippen LogP contribution in [0.1, 0.15) is 30.3 Å². The fourth-order valence-electron chi connectivity index (χ4n) is 2.65. The van der Waals surface area contributed by atoms with Gasteiger partial charge < -0.3 is 0 Å². The van der Waals surface area contributed by atoms with Crippen molar-refractivity contribution in [3.63, 3.8) is 0 Å². The van der Waals surface area contributed by atoms with Crippen LogP contribution in [0.15, 0.2) is 12.3 Å². The van der Waals surface area contributed by atoms with Crippen molar-refractivity contribution in [3.8, 4) is 0 Å². The number of aryl methyl sites for hydroxylation is 1. The van der Waals surface area contributed by atoms with Crippen LogP contribution >= 0.6 is 0 Å². The van der Waals surface area contributed by atoms with Crippen molar-refractivity contribution in [1.82, 2.24) is 18.9 Å². The predicted octanol–water partition coefficient (Wildman–Crippen LogP) is 1.14. The Morgan fingerprint density at radius 1 is 1.40 bits per heavy atom. The number of sulfonamides is 1. The molecule has 2 aromatic heterocycles. The molecule has 0 amide bonds. The Morgan fingerprint density at radius 3 is 2.95 bits per heavy atom. The Labute approximate surface area is 118 Å². The molecule has 0 atom stereocenters. The second kappa shape index (κ2) is 4.82. The normalized spacial score (nSPS) is 16.5. The molecule has 1 aliphatic heterocycles. The highest BCUT2D eigenvalue weighted by Gasteiger charge is 2.27. The largest absolute Gasteiger partial charge is 0.237 e. The minimum Gasteiger partial charge on any atom is -0.237 e. The number of hydrogen-bond acceptors (Lipinski definition) is 4. The molecule has 1 aliphatic rings. The first-order valence-corrected chi connectivity index (χ1v) is 8.43. The number of fused-ring (bicyclic) bond motifs is 3. The van der Waals surface area contributed by atoms with Gasteiger partial charge in [0.25, 0.3) is 0 Å². The lowest BCUT2D eigenvalue weighted by atomic mass is 10.1. The number of nitrogens with zero attached hydrogens (tertiary/aromatic N) is 4. The van der Waals surface area contributed by atoms with Gasteiger partial charge in [-0.1, -0.05) is 6.92 Å². The molecule has 0 unspecified atom stereocenters. The quantitative estimate of drug-likeness (QED) is 0.851. The van der Waals surface area contributed by atoms with Gasteiger partial charge in [-0.25, -0.2) is 17.9 Å². The maximum absolute atomic E-state index is 12.1. The molecule has 0 saturated carbocycles. The van der Waals surface area contributed by atoms with E-state index in [4.69, 9.17) is 0 Å². The van der Waals surface area contributed by atoms with Gasteiger partial charge in [-0.2, -0.15) is 9.40 Å². The summed E-state index contributed by atoms with van der Waals surface area (Å²) in [4.78, 5) is 4.36. The first-order chi connectivity index (χ1) is 9.51. The van der Waals surface area contributed by atoms with Crippen LogP contribution in [0.5, 0.6) is 0 Å². The highest BCUT2D eigenvalue weighted by Crippen LogP contribution is 2.22. The minimum absolute atomic E-state index is 0.207. The zero-order chi connectivity index (χ0) is 14.3. The molecule has 0 fully saturated rings. The summed E-state index contributed by atoms with van der Waals surface area (Å²) in [5.41, 5.74) is 3.77. The van der Waals surface area contributed by atoms with Crippen molar-refractivity contribution in [3.05, 3.63) is 29.2 Å². The summed E-state index contributed by atoms with van der Waals surface area (Å²) in [6.07, 6.45) is 3.10. The van der Waals surface area contributed by atoms with Crippen LogP contribution in [0.2, 0.25) is 0 Å². The second-order valence-electron chi connectivity index (χ2n) is 5.19. The molecule has 7 heteroatoms. The van der Waals surface area contributed by atoms with E-state index in [1.165, 1.54) is 0 Å². The van der Waals surface area contributed by atoms with Crippen molar-refractivity contribution in [2.45, 2.75) is 33.2 Å². The van der Waals surface area contributed by atoms with E-state index in [1.54, 1.807) is 10.5 Å². The molecule has 0 radical (unpaired) electrons. The summed E-state index contributed by atoms with van der Waals surface area (Å²) in [6.45, 7) is 4.74. The average molecular weight is 294 g/mol. The van der Waals surface area contributed by atoms with E-state index in [0.29, 0.717) is 25.9 Å². The van der Waals surface area contributed by atoms with E-state index in [9.17, 15) is 8.42 Å². The standard InChI is InChI=1S/C13H18N4O2S/c1-3-6-20(18,19)16-5-4-12-11(9-16)8-14-13-7-10(2)15-17(12)13/h7-8H,3-6,9H2,1-2H3. The van der Waals surface area contributed by atoms with Gasteiger partial charge in [0.2, 0.25) is 10.0 Å². The third-order valence-electron chi connectivity index (χ3n) is 3.59. The molecule has 0 saturated heterocycles. The summed E-state index contributed by atoms with van der Waals surface area (Å²) < 4.78 is 27.7. The Bertz CT molecular complexity index is 751. The molecular weight excluding hydrogens is 276 g/mol. The Balaban J connectivity index is 1.98. The number of aromatic nitrogens is 3. The molecule has 3 heterocycles. The summed E-state index contributed by atoms with van der Waals surface area (Å²) in [5, 5.41) is 4.44. The zero-order valence-corrected chi connectivity index (χ0v) is 12.5. The molecule has 0 bridgehead atoms. The third-order valence-corrected chi connectivity index (χ3v) is 5.61. The molecule has 0 aliphatic carbocycles. The van der Waals surface area contributed by atoms with E-state index in [-0.39, 0.29) is 5.75 Å². The molecular formula is C13H18N4O2S. The fourth-order valence-corrected chi connectivity index (χ4v) is 4.13. The van der Waals surface area contributed by atoms with Gasteiger partial charge in [-0.05, 0) is 13.3 Å². The summed E-state index contributed by atoms with van der Waals surface area (Å²) in [6, 6.07) is 1.93. The van der Waals surface area contributed by atoms with Crippen LogP contribution in [0.25, 0.3) is 5.65 Å². The Hall–Kier alpha value is -1.47. The van der Waals surface area contributed by atoms with Crippen LogP contribution < -0.4 is 0 Å². The third kappa shape index (κ3) is 2.20. The van der Waals surface area contributed by atoms with Gasteiger partial charge in [0, 0.05) is 37.3 Å². The molecule has 108 valence electrons.